The molecule has 3 rings (SSSR count). The van der Waals surface area contributed by atoms with Crippen LogP contribution in [0.3, 0.4) is 0 Å². The fourth-order valence-corrected chi connectivity index (χ4v) is 2.92. The molecule has 0 bridgehead atoms. The Morgan fingerprint density at radius 3 is 2.43 bits per heavy atom. The fourth-order valence-electron chi connectivity index (χ4n) is 2.54. The maximum atomic E-state index is 12.5. The highest BCUT2D eigenvalue weighted by molar-refractivity contribution is 9.10. The summed E-state index contributed by atoms with van der Waals surface area (Å²) < 4.78 is 11.7. The summed E-state index contributed by atoms with van der Waals surface area (Å²) in [5.74, 6) is 0.146. The van der Waals surface area contributed by atoms with Crippen molar-refractivity contribution < 1.29 is 19.1 Å². The third-order valence-corrected chi connectivity index (χ3v) is 4.47. The van der Waals surface area contributed by atoms with Crippen LogP contribution in [0, 0.1) is 0 Å². The van der Waals surface area contributed by atoms with Gasteiger partial charge in [0.15, 0.2) is 0 Å². The first-order valence-corrected chi connectivity index (χ1v) is 9.99. The number of benzene rings is 3. The van der Waals surface area contributed by atoms with E-state index in [0.717, 1.165) is 4.47 Å². The molecule has 1 N–H and O–H groups in total. The molecule has 0 radical (unpaired) electrons. The van der Waals surface area contributed by atoms with Gasteiger partial charge >= 0.3 is 5.97 Å². The predicted molar refractivity (Wildman–Crippen MR) is 118 cm³/mol. The van der Waals surface area contributed by atoms with Crippen LogP contribution in [0.2, 0.25) is 0 Å². The molecule has 0 atom stereocenters. The largest absolute Gasteiger partial charge is 0.494 e. The molecule has 0 saturated carbocycles. The second-order valence-electron chi connectivity index (χ2n) is 6.09. The Hall–Kier alpha value is -3.45. The quantitative estimate of drug-likeness (QED) is 0.234. The van der Waals surface area contributed by atoms with Gasteiger partial charge in [-0.15, -0.1) is 0 Å². The highest BCUT2D eigenvalue weighted by Gasteiger charge is 2.12. The van der Waals surface area contributed by atoms with E-state index in [1.165, 1.54) is 6.21 Å². The molecule has 6 nitrogen and oxygen atoms in total. The van der Waals surface area contributed by atoms with Crippen molar-refractivity contribution in [1.29, 1.82) is 0 Å². The summed E-state index contributed by atoms with van der Waals surface area (Å²) >= 11 is 3.38. The summed E-state index contributed by atoms with van der Waals surface area (Å²) in [6.07, 6.45) is 1.42. The zero-order valence-corrected chi connectivity index (χ0v) is 17.8. The van der Waals surface area contributed by atoms with E-state index in [4.69, 9.17) is 9.47 Å². The van der Waals surface area contributed by atoms with E-state index >= 15 is 0 Å². The maximum Gasteiger partial charge on any atom is 0.343 e. The van der Waals surface area contributed by atoms with Crippen molar-refractivity contribution in [2.45, 2.75) is 6.92 Å². The zero-order valence-electron chi connectivity index (χ0n) is 16.2. The molecule has 1 amide bonds. The summed E-state index contributed by atoms with van der Waals surface area (Å²) in [6, 6.07) is 20.6. The van der Waals surface area contributed by atoms with Gasteiger partial charge in [-0.3, -0.25) is 4.79 Å². The number of halogens is 1. The molecule has 0 aliphatic carbocycles. The van der Waals surface area contributed by atoms with Gasteiger partial charge in [-0.25, -0.2) is 10.2 Å². The van der Waals surface area contributed by atoms with Crippen LogP contribution >= 0.6 is 15.9 Å². The first kappa shape index (κ1) is 21.3. The molecule has 0 aliphatic heterocycles. The minimum Gasteiger partial charge on any atom is -0.494 e. The summed E-state index contributed by atoms with van der Waals surface area (Å²) in [6.45, 7) is 2.44. The lowest BCUT2D eigenvalue weighted by atomic mass is 10.2. The van der Waals surface area contributed by atoms with Gasteiger partial charge in [0.2, 0.25) is 0 Å². The molecular formula is C23H19BrN2O4. The van der Waals surface area contributed by atoms with Gasteiger partial charge in [-0.05, 0) is 61.5 Å². The molecule has 0 aromatic heterocycles. The van der Waals surface area contributed by atoms with Crippen molar-refractivity contribution in [2.75, 3.05) is 6.61 Å². The number of hydrogen-bond donors (Lipinski definition) is 1. The Bertz CT molecular complexity index is 1050. The lowest BCUT2D eigenvalue weighted by Gasteiger charge is -2.09. The number of esters is 1. The van der Waals surface area contributed by atoms with Gasteiger partial charge in [0.1, 0.15) is 11.5 Å². The number of nitrogens with one attached hydrogen (secondary N) is 1. The Labute approximate surface area is 182 Å². The summed E-state index contributed by atoms with van der Waals surface area (Å²) in [4.78, 5) is 24.6. The van der Waals surface area contributed by atoms with Crippen molar-refractivity contribution in [2.24, 2.45) is 5.10 Å². The molecular weight excluding hydrogens is 448 g/mol. The number of hydrogen-bond acceptors (Lipinski definition) is 5. The second kappa shape index (κ2) is 10.4. The minimum atomic E-state index is -0.511. The zero-order chi connectivity index (χ0) is 21.3. The molecule has 0 heterocycles. The van der Waals surface area contributed by atoms with Crippen LogP contribution in [0.5, 0.6) is 11.5 Å². The van der Waals surface area contributed by atoms with Crippen LogP contribution in [0.25, 0.3) is 0 Å². The van der Waals surface area contributed by atoms with Crippen LogP contribution in [-0.4, -0.2) is 24.7 Å². The summed E-state index contributed by atoms with van der Waals surface area (Å²) in [7, 11) is 0. The average molecular weight is 467 g/mol. The molecule has 0 spiro atoms. The SMILES string of the molecule is CCOc1ccc(C(=O)Oc2ccc(Br)cc2/C=N\NC(=O)c2ccccc2)cc1. The van der Waals surface area contributed by atoms with E-state index in [1.807, 2.05) is 13.0 Å². The Morgan fingerprint density at radius 1 is 1.00 bits per heavy atom. The lowest BCUT2D eigenvalue weighted by Crippen LogP contribution is -2.17. The van der Waals surface area contributed by atoms with Crippen molar-refractivity contribution >= 4 is 34.0 Å². The van der Waals surface area contributed by atoms with Gasteiger partial charge in [0.25, 0.3) is 5.91 Å². The monoisotopic (exact) mass is 466 g/mol. The molecule has 0 saturated heterocycles. The molecule has 152 valence electrons. The van der Waals surface area contributed by atoms with Crippen LogP contribution < -0.4 is 14.9 Å². The lowest BCUT2D eigenvalue weighted by molar-refractivity contribution is 0.0734. The first-order chi connectivity index (χ1) is 14.6. The Kier molecular flexibility index (Phi) is 7.34. The third-order valence-electron chi connectivity index (χ3n) is 3.98. The molecule has 0 aliphatic rings. The van der Waals surface area contributed by atoms with Gasteiger partial charge in [0, 0.05) is 15.6 Å². The van der Waals surface area contributed by atoms with Crippen molar-refractivity contribution in [1.82, 2.24) is 5.43 Å². The van der Waals surface area contributed by atoms with Crippen LogP contribution in [-0.2, 0) is 0 Å². The Balaban J connectivity index is 1.71. The summed E-state index contributed by atoms with van der Waals surface area (Å²) in [5.41, 5.74) is 3.87. The number of ether oxygens (including phenoxy) is 2. The van der Waals surface area contributed by atoms with E-state index in [9.17, 15) is 9.59 Å². The number of carbonyl (C=O) groups excluding carboxylic acids is 2. The number of carbonyl (C=O) groups is 2. The van der Waals surface area contributed by atoms with Gasteiger partial charge < -0.3 is 9.47 Å². The smallest absolute Gasteiger partial charge is 0.343 e. The number of hydrazone groups is 1. The predicted octanol–water partition coefficient (Wildman–Crippen LogP) is 4.83. The molecule has 7 heteroatoms. The molecule has 0 unspecified atom stereocenters. The van der Waals surface area contributed by atoms with E-state index in [1.54, 1.807) is 66.7 Å². The van der Waals surface area contributed by atoms with Gasteiger partial charge in [-0.2, -0.15) is 5.10 Å². The van der Waals surface area contributed by atoms with Gasteiger partial charge in [0.05, 0.1) is 18.4 Å². The first-order valence-electron chi connectivity index (χ1n) is 9.20. The standard InChI is InChI=1S/C23H19BrN2O4/c1-2-29-20-11-8-17(9-12-20)23(28)30-21-13-10-19(24)14-18(21)15-25-26-22(27)16-6-4-3-5-7-16/h3-15H,2H2,1H3,(H,26,27)/b25-15-. The third kappa shape index (κ3) is 5.78. The average Bonchev–Trinajstić information content (AvgIpc) is 2.76. The van der Waals surface area contributed by atoms with E-state index in [-0.39, 0.29) is 5.91 Å². The summed E-state index contributed by atoms with van der Waals surface area (Å²) in [5, 5.41) is 3.98. The number of rotatable bonds is 7. The number of nitrogens with zero attached hydrogens (tertiary/aromatic N) is 1. The van der Waals surface area contributed by atoms with E-state index in [2.05, 4.69) is 26.5 Å². The Morgan fingerprint density at radius 2 is 1.73 bits per heavy atom. The van der Waals surface area contributed by atoms with Crippen LogP contribution in [0.15, 0.2) is 82.4 Å². The second-order valence-corrected chi connectivity index (χ2v) is 7.01. The number of amides is 1. The molecule has 3 aromatic carbocycles. The van der Waals surface area contributed by atoms with Gasteiger partial charge in [-0.1, -0.05) is 34.1 Å². The molecule has 0 fully saturated rings. The van der Waals surface area contributed by atoms with Crippen LogP contribution in [0.4, 0.5) is 0 Å². The molecule has 30 heavy (non-hydrogen) atoms. The van der Waals surface area contributed by atoms with E-state index < -0.39 is 5.97 Å². The molecule has 3 aromatic rings. The van der Waals surface area contributed by atoms with Crippen molar-refractivity contribution in [3.05, 3.63) is 94.0 Å². The highest BCUT2D eigenvalue weighted by atomic mass is 79.9. The maximum absolute atomic E-state index is 12.5. The van der Waals surface area contributed by atoms with E-state index in [0.29, 0.717) is 34.8 Å². The van der Waals surface area contributed by atoms with Crippen molar-refractivity contribution in [3.63, 3.8) is 0 Å². The van der Waals surface area contributed by atoms with Crippen molar-refractivity contribution in [3.8, 4) is 11.5 Å². The van der Waals surface area contributed by atoms with Crippen LogP contribution in [0.1, 0.15) is 33.2 Å². The fraction of sp³-hybridized carbons (Fsp3) is 0.0870. The normalized spacial score (nSPS) is 10.6. The highest BCUT2D eigenvalue weighted by Crippen LogP contribution is 2.23. The topological polar surface area (TPSA) is 77.0 Å². The minimum absolute atomic E-state index is 0.315.